The Hall–Kier alpha value is -2.12. The van der Waals surface area contributed by atoms with Gasteiger partial charge in [-0.3, -0.25) is 4.79 Å². The van der Waals surface area contributed by atoms with E-state index in [1.165, 1.54) is 11.3 Å². The van der Waals surface area contributed by atoms with Crippen LogP contribution in [-0.2, 0) is 4.74 Å². The molecule has 2 N–H and O–H groups in total. The Morgan fingerprint density at radius 2 is 1.77 bits per heavy atom. The van der Waals surface area contributed by atoms with Gasteiger partial charge >= 0.3 is 6.09 Å². The molecule has 2 rings (SSSR count). The monoisotopic (exact) mass is 395 g/mol. The minimum absolute atomic E-state index is 0.216. The summed E-state index contributed by atoms with van der Waals surface area (Å²) >= 11 is 7.22. The summed E-state index contributed by atoms with van der Waals surface area (Å²) < 4.78 is 5.13. The maximum atomic E-state index is 12.3. The van der Waals surface area contributed by atoms with Gasteiger partial charge in [-0.25, -0.2) is 9.78 Å². The quantitative estimate of drug-likeness (QED) is 0.749. The molecule has 0 saturated heterocycles. The summed E-state index contributed by atoms with van der Waals surface area (Å²) in [6.07, 6.45) is -0.509. The van der Waals surface area contributed by atoms with Gasteiger partial charge in [0.15, 0.2) is 0 Å². The highest BCUT2D eigenvalue weighted by Gasteiger charge is 2.17. The van der Waals surface area contributed by atoms with Gasteiger partial charge in [0.25, 0.3) is 5.91 Å². The van der Waals surface area contributed by atoms with Gasteiger partial charge in [0.2, 0.25) is 0 Å². The van der Waals surface area contributed by atoms with Crippen molar-refractivity contribution < 1.29 is 14.3 Å². The number of carbonyl (C=O) groups is 2. The van der Waals surface area contributed by atoms with Crippen LogP contribution in [0.2, 0.25) is 5.02 Å². The van der Waals surface area contributed by atoms with Crippen molar-refractivity contribution in [3.63, 3.8) is 0 Å². The molecule has 6 nitrogen and oxygen atoms in total. The van der Waals surface area contributed by atoms with Gasteiger partial charge in [-0.1, -0.05) is 23.7 Å². The van der Waals surface area contributed by atoms with Crippen LogP contribution in [0.25, 0.3) is 10.6 Å². The summed E-state index contributed by atoms with van der Waals surface area (Å²) in [6.45, 7) is 7.75. The minimum Gasteiger partial charge on any atom is -0.444 e. The van der Waals surface area contributed by atoms with Crippen LogP contribution in [0.5, 0.6) is 0 Å². The molecule has 0 fully saturated rings. The highest BCUT2D eigenvalue weighted by molar-refractivity contribution is 7.17. The molecule has 0 aliphatic rings. The molecule has 26 heavy (non-hydrogen) atoms. The lowest BCUT2D eigenvalue weighted by molar-refractivity contribution is 0.0526. The first kappa shape index (κ1) is 20.2. The molecule has 8 heteroatoms. The van der Waals surface area contributed by atoms with Gasteiger partial charge in [0, 0.05) is 23.7 Å². The topological polar surface area (TPSA) is 80.3 Å². The predicted molar refractivity (Wildman–Crippen MR) is 104 cm³/mol. The second-order valence-electron chi connectivity index (χ2n) is 6.63. The van der Waals surface area contributed by atoms with E-state index in [9.17, 15) is 9.59 Å². The van der Waals surface area contributed by atoms with Gasteiger partial charge in [0.1, 0.15) is 15.5 Å². The number of nitrogens with one attached hydrogen (secondary N) is 2. The summed E-state index contributed by atoms with van der Waals surface area (Å²) in [5.74, 6) is -0.216. The van der Waals surface area contributed by atoms with E-state index in [0.717, 1.165) is 10.6 Å². The van der Waals surface area contributed by atoms with Crippen LogP contribution in [0, 0.1) is 6.92 Å². The normalized spacial score (nSPS) is 11.1. The molecule has 140 valence electrons. The lowest BCUT2D eigenvalue weighted by Gasteiger charge is -2.19. The molecular weight excluding hydrogens is 374 g/mol. The third-order valence-corrected chi connectivity index (χ3v) is 4.63. The third kappa shape index (κ3) is 6.00. The van der Waals surface area contributed by atoms with Crippen LogP contribution in [0.15, 0.2) is 24.3 Å². The standard InChI is InChI=1S/C18H22ClN3O3S/c1-11-14(26-16(22-11)12-5-7-13(19)8-6-12)15(23)20-9-10-21-17(24)25-18(2,3)4/h5-8H,9-10H2,1-4H3,(H,20,23)(H,21,24). The van der Waals surface area contributed by atoms with Crippen molar-refractivity contribution in [3.05, 3.63) is 39.9 Å². The van der Waals surface area contributed by atoms with Crippen molar-refractivity contribution in [1.82, 2.24) is 15.6 Å². The summed E-state index contributed by atoms with van der Waals surface area (Å²) in [7, 11) is 0. The van der Waals surface area contributed by atoms with Gasteiger partial charge in [-0.15, -0.1) is 11.3 Å². The maximum Gasteiger partial charge on any atom is 0.407 e. The second kappa shape index (κ2) is 8.51. The fourth-order valence-electron chi connectivity index (χ4n) is 2.06. The van der Waals surface area contributed by atoms with E-state index in [2.05, 4.69) is 15.6 Å². The van der Waals surface area contributed by atoms with Crippen LogP contribution < -0.4 is 10.6 Å². The van der Waals surface area contributed by atoms with Crippen molar-refractivity contribution in [2.24, 2.45) is 0 Å². The van der Waals surface area contributed by atoms with E-state index in [-0.39, 0.29) is 12.5 Å². The molecule has 0 spiro atoms. The molecule has 1 heterocycles. The van der Waals surface area contributed by atoms with Gasteiger partial charge in [-0.05, 0) is 39.8 Å². The Labute approximate surface area is 161 Å². The largest absolute Gasteiger partial charge is 0.444 e. The number of hydrogen-bond donors (Lipinski definition) is 2. The Bertz CT molecular complexity index is 782. The number of benzene rings is 1. The van der Waals surface area contributed by atoms with E-state index in [4.69, 9.17) is 16.3 Å². The maximum absolute atomic E-state index is 12.3. The molecule has 2 aromatic rings. The Balaban J connectivity index is 1.88. The molecule has 1 aromatic heterocycles. The zero-order valence-electron chi connectivity index (χ0n) is 15.2. The summed E-state index contributed by atoms with van der Waals surface area (Å²) in [5.41, 5.74) is 1.02. The van der Waals surface area contributed by atoms with Gasteiger partial charge < -0.3 is 15.4 Å². The summed E-state index contributed by atoms with van der Waals surface area (Å²) in [4.78, 5) is 28.9. The first-order valence-corrected chi connectivity index (χ1v) is 9.33. The number of rotatable bonds is 5. The molecule has 0 atom stereocenters. The van der Waals surface area contributed by atoms with Crippen molar-refractivity contribution in [2.45, 2.75) is 33.3 Å². The first-order valence-electron chi connectivity index (χ1n) is 8.14. The van der Waals surface area contributed by atoms with E-state index < -0.39 is 11.7 Å². The van der Waals surface area contributed by atoms with Crippen molar-refractivity contribution in [2.75, 3.05) is 13.1 Å². The number of amides is 2. The molecule has 0 aliphatic heterocycles. The van der Waals surface area contributed by atoms with Gasteiger partial charge in [-0.2, -0.15) is 0 Å². The average Bonchev–Trinajstić information content (AvgIpc) is 2.92. The predicted octanol–water partition coefficient (Wildman–Crippen LogP) is 4.03. The number of alkyl carbamates (subject to hydrolysis) is 1. The number of aryl methyl sites for hydroxylation is 1. The van der Waals surface area contributed by atoms with E-state index in [0.29, 0.717) is 22.1 Å². The number of aromatic nitrogens is 1. The SMILES string of the molecule is Cc1nc(-c2ccc(Cl)cc2)sc1C(=O)NCCNC(=O)OC(C)(C)C. The molecule has 0 unspecified atom stereocenters. The van der Waals surface area contributed by atoms with Gasteiger partial charge in [0.05, 0.1) is 5.69 Å². The Morgan fingerprint density at radius 1 is 1.15 bits per heavy atom. The van der Waals surface area contributed by atoms with Crippen molar-refractivity contribution in [1.29, 1.82) is 0 Å². The lowest BCUT2D eigenvalue weighted by atomic mass is 10.2. The minimum atomic E-state index is -0.550. The van der Waals surface area contributed by atoms with Crippen LogP contribution in [0.1, 0.15) is 36.1 Å². The number of ether oxygens (including phenoxy) is 1. The zero-order valence-corrected chi connectivity index (χ0v) is 16.8. The zero-order chi connectivity index (χ0) is 19.3. The smallest absolute Gasteiger partial charge is 0.407 e. The third-order valence-electron chi connectivity index (χ3n) is 3.17. The molecular formula is C18H22ClN3O3S. The number of carbonyl (C=O) groups excluding carboxylic acids is 2. The molecule has 0 radical (unpaired) electrons. The number of halogens is 1. The average molecular weight is 396 g/mol. The molecule has 2 amide bonds. The van der Waals surface area contributed by atoms with Crippen molar-refractivity contribution in [3.8, 4) is 10.6 Å². The van der Waals surface area contributed by atoms with Crippen molar-refractivity contribution >= 4 is 34.9 Å². The molecule has 0 saturated carbocycles. The highest BCUT2D eigenvalue weighted by atomic mass is 35.5. The highest BCUT2D eigenvalue weighted by Crippen LogP contribution is 2.28. The van der Waals surface area contributed by atoms with Crippen LogP contribution in [0.3, 0.4) is 0 Å². The lowest BCUT2D eigenvalue weighted by Crippen LogP contribution is -2.37. The number of hydrogen-bond acceptors (Lipinski definition) is 5. The number of thiazole rings is 1. The number of nitrogens with zero attached hydrogens (tertiary/aromatic N) is 1. The van der Waals surface area contributed by atoms with Crippen LogP contribution in [0.4, 0.5) is 4.79 Å². The molecule has 0 aliphatic carbocycles. The Morgan fingerprint density at radius 3 is 2.38 bits per heavy atom. The van der Waals surface area contributed by atoms with E-state index >= 15 is 0 Å². The molecule has 0 bridgehead atoms. The van der Waals surface area contributed by atoms with E-state index in [1.807, 2.05) is 12.1 Å². The fourth-order valence-corrected chi connectivity index (χ4v) is 3.17. The van der Waals surface area contributed by atoms with Crippen LogP contribution >= 0.6 is 22.9 Å². The van der Waals surface area contributed by atoms with Crippen LogP contribution in [-0.4, -0.2) is 35.7 Å². The second-order valence-corrected chi connectivity index (χ2v) is 8.06. The Kier molecular flexibility index (Phi) is 6.61. The fraction of sp³-hybridized carbons (Fsp3) is 0.389. The van der Waals surface area contributed by atoms with E-state index in [1.54, 1.807) is 39.8 Å². The molecule has 1 aromatic carbocycles. The summed E-state index contributed by atoms with van der Waals surface area (Å²) in [5, 5.41) is 6.78. The summed E-state index contributed by atoms with van der Waals surface area (Å²) in [6, 6.07) is 7.31. The first-order chi connectivity index (χ1) is 12.2.